The quantitative estimate of drug-likeness (QED) is 0.334. The van der Waals surface area contributed by atoms with Gasteiger partial charge in [-0.2, -0.15) is 0 Å². The molecule has 27 heavy (non-hydrogen) atoms. The van der Waals surface area contributed by atoms with Crippen molar-refractivity contribution in [2.45, 2.75) is 39.7 Å². The van der Waals surface area contributed by atoms with E-state index in [2.05, 4.69) is 65.6 Å². The highest BCUT2D eigenvalue weighted by molar-refractivity contribution is 14.0. The van der Waals surface area contributed by atoms with Gasteiger partial charge in [-0.25, -0.2) is 0 Å². The van der Waals surface area contributed by atoms with E-state index in [1.807, 2.05) is 7.05 Å². The van der Waals surface area contributed by atoms with Crippen molar-refractivity contribution in [2.24, 2.45) is 10.9 Å². The van der Waals surface area contributed by atoms with Crippen LogP contribution in [0.1, 0.15) is 43.9 Å². The first-order valence-corrected chi connectivity index (χ1v) is 10.0. The van der Waals surface area contributed by atoms with Gasteiger partial charge in [0.1, 0.15) is 0 Å². The van der Waals surface area contributed by atoms with E-state index >= 15 is 0 Å². The highest BCUT2D eigenvalue weighted by Gasteiger charge is 2.27. The number of aliphatic imine (C=N–C) groups is 1. The number of likely N-dealkylation sites (N-methyl/N-ethyl adjacent to an activating group) is 1. The molecule has 1 aromatic carbocycles. The zero-order valence-corrected chi connectivity index (χ0v) is 19.7. The Morgan fingerprint density at radius 1 is 1.19 bits per heavy atom. The molecule has 2 atom stereocenters. The average Bonchev–Trinajstić information content (AvgIpc) is 2.68. The molecule has 1 heterocycles. The summed E-state index contributed by atoms with van der Waals surface area (Å²) in [5.41, 5.74) is 2.57. The van der Waals surface area contributed by atoms with E-state index in [0.29, 0.717) is 5.92 Å². The Labute approximate surface area is 182 Å². The molecule has 1 aromatic rings. The third kappa shape index (κ3) is 7.95. The van der Waals surface area contributed by atoms with Gasteiger partial charge in [-0.1, -0.05) is 43.7 Å². The Balaban J connectivity index is 0.00000364. The zero-order valence-electron chi connectivity index (χ0n) is 17.3. The van der Waals surface area contributed by atoms with Crippen LogP contribution in [0, 0.1) is 12.8 Å². The van der Waals surface area contributed by atoms with Crippen molar-refractivity contribution >= 4 is 29.9 Å². The van der Waals surface area contributed by atoms with Crippen molar-refractivity contribution in [2.75, 3.05) is 46.4 Å². The monoisotopic (exact) mass is 488 g/mol. The number of hydrogen-bond acceptors (Lipinski definition) is 3. The molecule has 2 N–H and O–H groups in total. The highest BCUT2D eigenvalue weighted by atomic mass is 127. The lowest BCUT2D eigenvalue weighted by Gasteiger charge is -2.32. The molecule has 154 valence electrons. The summed E-state index contributed by atoms with van der Waals surface area (Å²) < 4.78 is 6.12. The summed E-state index contributed by atoms with van der Waals surface area (Å²) in [5.74, 6) is 1.35. The van der Waals surface area contributed by atoms with Crippen LogP contribution in [0.25, 0.3) is 0 Å². The van der Waals surface area contributed by atoms with Gasteiger partial charge in [0.15, 0.2) is 5.96 Å². The van der Waals surface area contributed by atoms with Crippen molar-refractivity contribution in [3.05, 3.63) is 35.4 Å². The van der Waals surface area contributed by atoms with Crippen LogP contribution < -0.4 is 10.6 Å². The predicted molar refractivity (Wildman–Crippen MR) is 125 cm³/mol. The van der Waals surface area contributed by atoms with Crippen LogP contribution in [-0.2, 0) is 4.74 Å². The summed E-state index contributed by atoms with van der Waals surface area (Å²) >= 11 is 0. The molecule has 1 aliphatic rings. The number of nitrogens with zero attached hydrogens (tertiary/aromatic N) is 2. The summed E-state index contributed by atoms with van der Waals surface area (Å²) in [5, 5.41) is 6.93. The lowest BCUT2D eigenvalue weighted by Crippen LogP contribution is -2.44. The fourth-order valence-electron chi connectivity index (χ4n) is 3.50. The maximum atomic E-state index is 6.12. The Kier molecular flexibility index (Phi) is 11.9. The van der Waals surface area contributed by atoms with Gasteiger partial charge in [0.25, 0.3) is 0 Å². The second-order valence-electron chi connectivity index (χ2n) is 7.01. The molecule has 0 aliphatic carbocycles. The number of aryl methyl sites for hydroxylation is 1. The fraction of sp³-hybridized carbons (Fsp3) is 0.667. The summed E-state index contributed by atoms with van der Waals surface area (Å²) in [4.78, 5) is 6.77. The molecule has 0 saturated carbocycles. The summed E-state index contributed by atoms with van der Waals surface area (Å²) in [6, 6.07) is 8.75. The van der Waals surface area contributed by atoms with E-state index < -0.39 is 0 Å². The largest absolute Gasteiger partial charge is 0.373 e. The van der Waals surface area contributed by atoms with E-state index in [0.717, 1.165) is 51.7 Å². The van der Waals surface area contributed by atoms with E-state index in [9.17, 15) is 0 Å². The topological polar surface area (TPSA) is 48.9 Å². The molecule has 2 rings (SSSR count). The van der Waals surface area contributed by atoms with Crippen LogP contribution in [0.5, 0.6) is 0 Å². The van der Waals surface area contributed by atoms with Crippen molar-refractivity contribution in [3.8, 4) is 0 Å². The number of hydrogen-bond donors (Lipinski definition) is 2. The smallest absolute Gasteiger partial charge is 0.191 e. The first-order chi connectivity index (χ1) is 12.7. The van der Waals surface area contributed by atoms with Crippen LogP contribution in [0.15, 0.2) is 29.3 Å². The van der Waals surface area contributed by atoms with Crippen LogP contribution in [0.2, 0.25) is 0 Å². The standard InChI is InChI=1S/C21H36N4O.HI/c1-5-25(6-2)14-13-23-21(22-4)24-16-19-8-7-15-26-20(19)18-11-9-17(3)10-12-18;/h9-12,19-20H,5-8,13-16H2,1-4H3,(H2,22,23,24);1H. The maximum Gasteiger partial charge on any atom is 0.191 e. The molecule has 0 spiro atoms. The number of guanidine groups is 1. The fourth-order valence-corrected chi connectivity index (χ4v) is 3.50. The molecule has 0 bridgehead atoms. The third-order valence-corrected chi connectivity index (χ3v) is 5.22. The van der Waals surface area contributed by atoms with Gasteiger partial charge in [0.05, 0.1) is 6.10 Å². The van der Waals surface area contributed by atoms with Gasteiger partial charge in [-0.15, -0.1) is 24.0 Å². The summed E-state index contributed by atoms with van der Waals surface area (Å²) in [7, 11) is 1.83. The van der Waals surface area contributed by atoms with Gasteiger partial charge in [-0.05, 0) is 38.4 Å². The summed E-state index contributed by atoms with van der Waals surface area (Å²) in [6.45, 7) is 12.4. The minimum atomic E-state index is 0. The first kappa shape index (κ1) is 24.2. The van der Waals surface area contributed by atoms with Gasteiger partial charge in [-0.3, -0.25) is 4.99 Å². The molecule has 1 saturated heterocycles. The van der Waals surface area contributed by atoms with Crippen LogP contribution in [0.4, 0.5) is 0 Å². The predicted octanol–water partition coefficient (Wildman–Crippen LogP) is 3.59. The lowest BCUT2D eigenvalue weighted by atomic mass is 9.89. The van der Waals surface area contributed by atoms with Crippen LogP contribution in [0.3, 0.4) is 0 Å². The Morgan fingerprint density at radius 2 is 1.89 bits per heavy atom. The second-order valence-corrected chi connectivity index (χ2v) is 7.01. The molecular weight excluding hydrogens is 451 g/mol. The molecule has 5 nitrogen and oxygen atoms in total. The van der Waals surface area contributed by atoms with Crippen molar-refractivity contribution in [1.29, 1.82) is 0 Å². The van der Waals surface area contributed by atoms with Crippen molar-refractivity contribution in [3.63, 3.8) is 0 Å². The van der Waals surface area contributed by atoms with Crippen molar-refractivity contribution in [1.82, 2.24) is 15.5 Å². The SMILES string of the molecule is CCN(CC)CCNC(=NC)NCC1CCCOC1c1ccc(C)cc1.I. The number of nitrogens with one attached hydrogen (secondary N) is 2. The van der Waals surface area contributed by atoms with E-state index in [4.69, 9.17) is 4.74 Å². The van der Waals surface area contributed by atoms with E-state index in [-0.39, 0.29) is 30.1 Å². The number of benzene rings is 1. The van der Waals surface area contributed by atoms with Gasteiger partial charge >= 0.3 is 0 Å². The Bertz CT molecular complexity index is 546. The van der Waals surface area contributed by atoms with Crippen molar-refractivity contribution < 1.29 is 4.74 Å². The van der Waals surface area contributed by atoms with E-state index in [1.54, 1.807) is 0 Å². The molecule has 0 amide bonds. The van der Waals surface area contributed by atoms with Gasteiger partial charge in [0.2, 0.25) is 0 Å². The number of halogens is 1. The number of rotatable bonds is 8. The molecule has 1 aliphatic heterocycles. The maximum absolute atomic E-state index is 6.12. The van der Waals surface area contributed by atoms with Gasteiger partial charge in [0, 0.05) is 39.2 Å². The molecular formula is C21H37IN4O. The molecule has 0 aromatic heterocycles. The molecule has 1 fully saturated rings. The first-order valence-electron chi connectivity index (χ1n) is 10.0. The highest BCUT2D eigenvalue weighted by Crippen LogP contribution is 2.33. The minimum Gasteiger partial charge on any atom is -0.373 e. The third-order valence-electron chi connectivity index (χ3n) is 5.22. The normalized spacial score (nSPS) is 20.3. The average molecular weight is 488 g/mol. The van der Waals surface area contributed by atoms with Crippen LogP contribution >= 0.6 is 24.0 Å². The van der Waals surface area contributed by atoms with Gasteiger partial charge < -0.3 is 20.3 Å². The summed E-state index contributed by atoms with van der Waals surface area (Å²) in [6.07, 6.45) is 2.48. The molecule has 0 radical (unpaired) electrons. The zero-order chi connectivity index (χ0) is 18.8. The number of ether oxygens (including phenoxy) is 1. The molecule has 2 unspecified atom stereocenters. The second kappa shape index (κ2) is 13.3. The van der Waals surface area contributed by atoms with Crippen LogP contribution in [-0.4, -0.2) is 57.2 Å². The molecule has 6 heteroatoms. The Hall–Kier alpha value is -0.860. The lowest BCUT2D eigenvalue weighted by molar-refractivity contribution is -0.0265. The Morgan fingerprint density at radius 3 is 2.52 bits per heavy atom. The van der Waals surface area contributed by atoms with E-state index in [1.165, 1.54) is 17.5 Å². The minimum absolute atomic E-state index is 0.